The van der Waals surface area contributed by atoms with Crippen LogP contribution in [0.2, 0.25) is 0 Å². The van der Waals surface area contributed by atoms with Crippen molar-refractivity contribution in [3.63, 3.8) is 0 Å². The molecule has 0 spiro atoms. The number of fused-ring (bicyclic) bond motifs is 4. The molecule has 1 unspecified atom stereocenters. The number of H-pyrrole nitrogens is 4. The maximum atomic E-state index is 13.1. The van der Waals surface area contributed by atoms with Crippen LogP contribution < -0.4 is 65.3 Å². The van der Waals surface area contributed by atoms with E-state index in [0.717, 1.165) is 18.3 Å². The summed E-state index contributed by atoms with van der Waals surface area (Å²) in [5.41, 5.74) is -4.98. The minimum atomic E-state index is -3.79. The second kappa shape index (κ2) is 39.3. The normalized spacial score (nSPS) is 34.5. The quantitative estimate of drug-likeness (QED) is 0.0207. The van der Waals surface area contributed by atoms with Crippen molar-refractivity contribution >= 4 is 101 Å². The molecule has 0 aliphatic carbocycles. The highest BCUT2D eigenvalue weighted by Crippen LogP contribution is 2.61. The summed E-state index contributed by atoms with van der Waals surface area (Å²) < 4.78 is 145. The predicted molar refractivity (Wildman–Crippen MR) is 425 cm³/mol. The molecule has 0 amide bonds. The number of rotatable bonds is 24. The van der Waals surface area contributed by atoms with Crippen molar-refractivity contribution in [1.29, 1.82) is 0 Å². The molecule has 0 aromatic carbocycles. The van der Waals surface area contributed by atoms with Gasteiger partial charge in [-0.05, 0) is 55.4 Å². The van der Waals surface area contributed by atoms with E-state index in [1.54, 1.807) is 111 Å². The predicted octanol–water partition coefficient (Wildman–Crippen LogP) is 4.53. The molecular formula is C68H100Cl4N12O32P4. The maximum absolute atomic E-state index is 13.1. The average molecular weight is 1860 g/mol. The summed E-state index contributed by atoms with van der Waals surface area (Å²) in [7, 11) is -15.2. The van der Waals surface area contributed by atoms with Gasteiger partial charge in [-0.1, -0.05) is 55.4 Å². The third kappa shape index (κ3) is 23.6. The molecular weight excluding hydrogens is 1760 g/mol. The first kappa shape index (κ1) is 97.8. The van der Waals surface area contributed by atoms with Crippen LogP contribution >= 0.6 is 77.4 Å². The lowest BCUT2D eigenvalue weighted by molar-refractivity contribution is -0.148. The lowest BCUT2D eigenvalue weighted by atomic mass is 10.0. The van der Waals surface area contributed by atoms with Gasteiger partial charge in [-0.15, -0.1) is 46.4 Å². The van der Waals surface area contributed by atoms with Gasteiger partial charge in [0.25, 0.3) is 22.2 Å². The molecule has 8 aliphatic rings. The fraction of sp³-hybridized carbons (Fsp3) is 0.706. The maximum Gasteiger partial charge on any atom is 0.406 e. The number of aromatic amines is 4. The number of nitrogens with one attached hydrogen (secondary N) is 8. The van der Waals surface area contributed by atoms with Crippen molar-refractivity contribution in [3.05, 3.63) is 132 Å². The van der Waals surface area contributed by atoms with Gasteiger partial charge >= 0.3 is 77.6 Å². The number of hydrogen-bond acceptors (Lipinski definition) is 32. The van der Waals surface area contributed by atoms with E-state index in [-0.39, 0.29) is 100 Å². The Hall–Kier alpha value is -5.96. The highest BCUT2D eigenvalue weighted by Gasteiger charge is 2.64. The largest absolute Gasteiger partial charge is 0.464 e. The fourth-order valence-corrected chi connectivity index (χ4v) is 21.7. The molecule has 120 heavy (non-hydrogen) atoms. The first-order chi connectivity index (χ1) is 55.7. The Morgan fingerprint density at radius 1 is 0.367 bits per heavy atom. The Labute approximate surface area is 704 Å². The molecule has 4 aromatic heterocycles. The molecule has 4 aromatic rings. The molecule has 12 rings (SSSR count). The summed E-state index contributed by atoms with van der Waals surface area (Å²) in [4.78, 5) is 144. The highest BCUT2D eigenvalue weighted by atomic mass is 35.5. The van der Waals surface area contributed by atoms with Crippen LogP contribution in [-0.4, -0.2) is 207 Å². The Kier molecular flexibility index (Phi) is 32.0. The Bertz CT molecular complexity index is 4460. The second-order valence-electron chi connectivity index (χ2n) is 31.3. The van der Waals surface area contributed by atoms with Crippen LogP contribution in [0.4, 0.5) is 0 Å². The van der Waals surface area contributed by atoms with Crippen molar-refractivity contribution < 1.29 is 112 Å². The number of hydrogen-bond donors (Lipinski definition) is 8. The average Bonchev–Trinajstić information content (AvgIpc) is 1.61. The Balaban J connectivity index is 0.000000182. The van der Waals surface area contributed by atoms with E-state index < -0.39 is 193 Å². The molecule has 672 valence electrons. The van der Waals surface area contributed by atoms with Gasteiger partial charge in [0.2, 0.25) is 0 Å². The van der Waals surface area contributed by atoms with Crippen molar-refractivity contribution in [2.75, 3.05) is 52.9 Å². The lowest BCUT2D eigenvalue weighted by Crippen LogP contribution is -2.47. The van der Waals surface area contributed by atoms with E-state index in [2.05, 4.69) is 40.3 Å². The van der Waals surface area contributed by atoms with Crippen LogP contribution in [0.1, 0.15) is 136 Å². The molecule has 24 atom stereocenters. The molecule has 0 saturated carbocycles. The van der Waals surface area contributed by atoms with Crippen LogP contribution in [-0.2, 0) is 112 Å². The molecule has 52 heteroatoms. The summed E-state index contributed by atoms with van der Waals surface area (Å²) in [6.45, 7) is 26.2. The van der Waals surface area contributed by atoms with Crippen molar-refractivity contribution in [1.82, 2.24) is 58.6 Å². The Morgan fingerprint density at radius 2 is 0.542 bits per heavy atom. The molecule has 8 N–H and O–H groups in total. The van der Waals surface area contributed by atoms with Crippen LogP contribution in [0.15, 0.2) is 87.4 Å². The third-order valence-corrected chi connectivity index (χ3v) is 27.7. The third-order valence-electron chi connectivity index (χ3n) is 19.1. The number of esters is 4. The monoisotopic (exact) mass is 1860 g/mol. The van der Waals surface area contributed by atoms with E-state index in [1.807, 2.05) is 0 Å². The smallest absolute Gasteiger partial charge is 0.406 e. The summed E-state index contributed by atoms with van der Waals surface area (Å²) in [6.07, 6.45) is -5.11. The first-order valence-corrected chi connectivity index (χ1v) is 45.5. The zero-order chi connectivity index (χ0) is 89.1. The van der Waals surface area contributed by atoms with E-state index in [0.29, 0.717) is 0 Å². The highest BCUT2D eigenvalue weighted by molar-refractivity contribution is 7.52. The molecule has 8 aliphatic heterocycles. The fourth-order valence-electron chi connectivity index (χ4n) is 12.9. The number of nitrogens with zero attached hydrogens (tertiary/aromatic N) is 4. The molecule has 12 heterocycles. The minimum Gasteiger partial charge on any atom is -0.464 e. The number of carbonyl (C=O) groups is 4. The number of ether oxygens (including phenoxy) is 8. The van der Waals surface area contributed by atoms with Crippen LogP contribution in [0, 0.1) is 23.7 Å². The summed E-state index contributed by atoms with van der Waals surface area (Å²) >= 11 is 26.7. The zero-order valence-electron chi connectivity index (χ0n) is 68.0. The number of alkyl halides is 4. The number of halogens is 4. The van der Waals surface area contributed by atoms with Crippen LogP contribution in [0.25, 0.3) is 0 Å². The Morgan fingerprint density at radius 3 is 0.700 bits per heavy atom. The SMILES string of the molecule is CC(C)C(=O)OC[C@@H](C)NP1(=O)OC[C@H]2O[C@@H](n3ccc(=O)[nH]c3=O)[C@](C)(Cl)[C@@H]2O1.CC(C)C(=O)OC[C@@H](C)N[P@@]1(=O)OC[C@H]2O[C@@H](n3ccc(=O)[nH]c3=O)[C@](C)(Cl)[C@@H]2O1.CC(C)C(=O)OC[C@H](C)N[P@@]1(=O)OC[C@H]2O[C@@H](n3ccc(=O)[nH]c3=O)[C@](C)(Cl)[C@@H]2O1.CC(C)C(=O)OC[C@H](C)N[P@]1(=O)OC[C@H]2O[C@@H](n3ccc(=O)[nH]c3=O)[C@](C)(Cl)[C@@H]2O1. The summed E-state index contributed by atoms with van der Waals surface area (Å²) in [6, 6.07) is 2.61. The molecule has 8 saturated heterocycles. The first-order valence-electron chi connectivity index (χ1n) is 37.8. The molecule has 8 fully saturated rings. The topological polar surface area (TPSA) is 552 Å². The van der Waals surface area contributed by atoms with Gasteiger partial charge in [0.05, 0.1) is 50.1 Å². The van der Waals surface area contributed by atoms with E-state index >= 15 is 0 Å². The standard InChI is InChI=1S/4C17H25ClN3O8P/c4*1-9(2)14(23)26-7-10(3)20-30(25)27-8-11-13(29-30)17(4,18)15(28-11)21-6-5-12(22)19-16(21)24/h4*5-6,9-11,13,15H,7-8H2,1-4H3,(H,20,25)(H,19,22,24)/t10-,11+,13+,15+,17+,30+;10-,11+,13+,15+,17+,30-;10-,11-,13-,15-,17-,30?;10-,11-,13-,15-,17-,30-/m0011/s1. The molecule has 0 bridgehead atoms. The molecule has 44 nitrogen and oxygen atoms in total. The van der Waals surface area contributed by atoms with E-state index in [9.17, 15) is 75.8 Å². The second-order valence-corrected chi connectivity index (χ2v) is 41.5. The van der Waals surface area contributed by atoms with Crippen LogP contribution in [0.3, 0.4) is 0 Å². The lowest BCUT2D eigenvalue weighted by Gasteiger charge is -2.36. The zero-order valence-corrected chi connectivity index (χ0v) is 74.6. The van der Waals surface area contributed by atoms with Crippen LogP contribution in [0.5, 0.6) is 0 Å². The van der Waals surface area contributed by atoms with Gasteiger partial charge in [-0.3, -0.25) is 113 Å². The van der Waals surface area contributed by atoms with Crippen molar-refractivity contribution in [3.8, 4) is 0 Å². The molecule has 0 radical (unpaired) electrons. The van der Waals surface area contributed by atoms with Gasteiger partial charge in [-0.25, -0.2) is 57.8 Å². The summed E-state index contributed by atoms with van der Waals surface area (Å²) in [5.74, 6) is -2.63. The van der Waals surface area contributed by atoms with Gasteiger partial charge < -0.3 is 37.9 Å². The van der Waals surface area contributed by atoms with Crippen molar-refractivity contribution in [2.24, 2.45) is 23.7 Å². The summed E-state index contributed by atoms with van der Waals surface area (Å²) in [5, 5.41) is 10.9. The number of aromatic nitrogens is 8. The minimum absolute atomic E-state index is 0.0220. The van der Waals surface area contributed by atoms with Gasteiger partial charge in [0, 0.05) is 73.2 Å². The van der Waals surface area contributed by atoms with E-state index in [1.165, 1.54) is 49.1 Å². The van der Waals surface area contributed by atoms with Gasteiger partial charge in [-0.2, -0.15) is 0 Å². The van der Waals surface area contributed by atoms with E-state index in [4.69, 9.17) is 120 Å². The van der Waals surface area contributed by atoms with Crippen molar-refractivity contribution in [2.45, 2.75) is 228 Å². The number of carbonyl (C=O) groups excluding carboxylic acids is 4. The van der Waals surface area contributed by atoms with Gasteiger partial charge in [0.1, 0.15) is 94.8 Å². The van der Waals surface area contributed by atoms with Gasteiger partial charge in [0.15, 0.2) is 24.9 Å².